The average Bonchev–Trinajstić information content (AvgIpc) is 3.07. The molecule has 0 saturated carbocycles. The summed E-state index contributed by atoms with van der Waals surface area (Å²) >= 11 is 1.12. The second kappa shape index (κ2) is 7.67. The van der Waals surface area contributed by atoms with Gasteiger partial charge in [0.25, 0.3) is 0 Å². The average molecular weight is 411 g/mol. The van der Waals surface area contributed by atoms with Crippen LogP contribution in [0.4, 0.5) is 10.1 Å². The molecule has 4 rings (SSSR count). The predicted molar refractivity (Wildman–Crippen MR) is 109 cm³/mol. The molecule has 29 heavy (non-hydrogen) atoms. The molecule has 0 fully saturated rings. The first-order valence-electron chi connectivity index (χ1n) is 9.16. The number of hydrogen-bond donors (Lipinski definition) is 2. The van der Waals surface area contributed by atoms with Crippen LogP contribution >= 0.6 is 11.3 Å². The van der Waals surface area contributed by atoms with Gasteiger partial charge in [-0.25, -0.2) is 9.18 Å². The molecule has 1 atom stereocenters. The lowest BCUT2D eigenvalue weighted by Gasteiger charge is -2.24. The van der Waals surface area contributed by atoms with Crippen LogP contribution in [0.25, 0.3) is 11.1 Å². The predicted octanol–water partition coefficient (Wildman–Crippen LogP) is 5.13. The van der Waals surface area contributed by atoms with Crippen LogP contribution in [0.1, 0.15) is 39.4 Å². The maximum absolute atomic E-state index is 13.8. The van der Waals surface area contributed by atoms with Gasteiger partial charge >= 0.3 is 5.97 Å². The number of carbonyl (C=O) groups excluding carboxylic acids is 1. The summed E-state index contributed by atoms with van der Waals surface area (Å²) in [4.78, 5) is 25.3. The molecule has 2 heterocycles. The number of rotatable bonds is 5. The number of thiophene rings is 1. The molecule has 7 heteroatoms. The number of aromatic carboxylic acids is 1. The van der Waals surface area contributed by atoms with E-state index in [4.69, 9.17) is 4.74 Å². The maximum atomic E-state index is 13.8. The van der Waals surface area contributed by atoms with Crippen molar-refractivity contribution in [2.24, 2.45) is 0 Å². The molecule has 5 nitrogen and oxygen atoms in total. The van der Waals surface area contributed by atoms with E-state index in [1.165, 1.54) is 18.2 Å². The number of ether oxygens (including phenoxy) is 1. The van der Waals surface area contributed by atoms with E-state index in [-0.39, 0.29) is 23.1 Å². The molecule has 1 aliphatic rings. The van der Waals surface area contributed by atoms with Gasteiger partial charge < -0.3 is 15.2 Å². The highest BCUT2D eigenvalue weighted by molar-refractivity contribution is 7.15. The Bertz CT molecular complexity index is 1110. The van der Waals surface area contributed by atoms with Crippen LogP contribution in [-0.4, -0.2) is 23.6 Å². The van der Waals surface area contributed by atoms with Crippen LogP contribution in [0.15, 0.2) is 48.5 Å². The lowest BCUT2D eigenvalue weighted by atomic mass is 9.88. The van der Waals surface area contributed by atoms with Gasteiger partial charge in [-0.2, -0.15) is 0 Å². The van der Waals surface area contributed by atoms with E-state index in [9.17, 15) is 19.1 Å². The topological polar surface area (TPSA) is 75.6 Å². The van der Waals surface area contributed by atoms with Gasteiger partial charge in [0.2, 0.25) is 5.91 Å². The Morgan fingerprint density at radius 1 is 1.28 bits per heavy atom. The van der Waals surface area contributed by atoms with Crippen LogP contribution in [0, 0.1) is 5.82 Å². The number of nitrogens with one attached hydrogen (secondary N) is 1. The molecule has 2 N–H and O–H groups in total. The van der Waals surface area contributed by atoms with E-state index in [1.54, 1.807) is 6.07 Å². The summed E-state index contributed by atoms with van der Waals surface area (Å²) in [5.41, 5.74) is 2.08. The normalized spacial score (nSPS) is 15.5. The third-order valence-electron chi connectivity index (χ3n) is 4.78. The van der Waals surface area contributed by atoms with Gasteiger partial charge in [0.1, 0.15) is 16.4 Å². The first-order valence-corrected chi connectivity index (χ1v) is 9.98. The fourth-order valence-electron chi connectivity index (χ4n) is 3.61. The van der Waals surface area contributed by atoms with Crippen molar-refractivity contribution in [1.82, 2.24) is 0 Å². The molecular weight excluding hydrogens is 393 g/mol. The highest BCUT2D eigenvalue weighted by Crippen LogP contribution is 2.49. The van der Waals surface area contributed by atoms with Gasteiger partial charge in [0, 0.05) is 22.8 Å². The van der Waals surface area contributed by atoms with Crippen LogP contribution in [0.3, 0.4) is 0 Å². The molecular formula is C22H18FNO4S. The van der Waals surface area contributed by atoms with E-state index in [2.05, 4.69) is 5.32 Å². The molecule has 0 saturated heterocycles. The van der Waals surface area contributed by atoms with Gasteiger partial charge in [-0.05, 0) is 42.3 Å². The Morgan fingerprint density at radius 2 is 2.07 bits per heavy atom. The van der Waals surface area contributed by atoms with Crippen molar-refractivity contribution in [3.8, 4) is 16.9 Å². The van der Waals surface area contributed by atoms with E-state index in [0.29, 0.717) is 29.2 Å². The number of carboxylic acid groups (broad SMARTS) is 1. The highest BCUT2D eigenvalue weighted by Gasteiger charge is 2.34. The number of benzene rings is 2. The molecule has 1 aliphatic heterocycles. The van der Waals surface area contributed by atoms with Gasteiger partial charge in [-0.3, -0.25) is 4.79 Å². The van der Waals surface area contributed by atoms with Crippen LogP contribution < -0.4 is 10.1 Å². The second-order valence-electron chi connectivity index (χ2n) is 6.67. The molecule has 0 bridgehead atoms. The molecule has 148 valence electrons. The quantitative estimate of drug-likeness (QED) is 0.611. The zero-order valence-electron chi connectivity index (χ0n) is 15.6. The largest absolute Gasteiger partial charge is 0.494 e. The molecule has 3 aromatic rings. The Hall–Kier alpha value is -3.19. The first-order chi connectivity index (χ1) is 14.0. The SMILES string of the molecule is CCOc1cccc([C@H]2CC(=O)Nc3c2sc(C(=O)O)c3-c2cccc(F)c2)c1. The molecule has 0 aliphatic carbocycles. The van der Waals surface area contributed by atoms with Crippen LogP contribution in [0.2, 0.25) is 0 Å². The summed E-state index contributed by atoms with van der Waals surface area (Å²) in [6.45, 7) is 2.41. The van der Waals surface area contributed by atoms with Crippen molar-refractivity contribution in [3.63, 3.8) is 0 Å². The molecule has 0 radical (unpaired) electrons. The summed E-state index contributed by atoms with van der Waals surface area (Å²) in [7, 11) is 0. The lowest BCUT2D eigenvalue weighted by Crippen LogP contribution is -2.22. The first kappa shape index (κ1) is 19.1. The summed E-state index contributed by atoms with van der Waals surface area (Å²) < 4.78 is 19.4. The smallest absolute Gasteiger partial charge is 0.346 e. The van der Waals surface area contributed by atoms with Gasteiger partial charge in [-0.1, -0.05) is 24.3 Å². The minimum Gasteiger partial charge on any atom is -0.494 e. The molecule has 1 amide bonds. The Labute approximate surface area is 170 Å². The summed E-state index contributed by atoms with van der Waals surface area (Å²) in [6.07, 6.45) is 0.199. The number of fused-ring (bicyclic) bond motifs is 1. The third kappa shape index (κ3) is 3.61. The Balaban J connectivity index is 1.90. The molecule has 2 aromatic carbocycles. The molecule has 1 aromatic heterocycles. The Morgan fingerprint density at radius 3 is 2.79 bits per heavy atom. The fourth-order valence-corrected chi connectivity index (χ4v) is 4.86. The number of halogens is 1. The van der Waals surface area contributed by atoms with Crippen molar-refractivity contribution < 1.29 is 23.8 Å². The highest BCUT2D eigenvalue weighted by atomic mass is 32.1. The summed E-state index contributed by atoms with van der Waals surface area (Å²) in [5, 5.41) is 12.6. The minimum absolute atomic E-state index is 0.0776. The van der Waals surface area contributed by atoms with Crippen molar-refractivity contribution in [3.05, 3.63) is 69.7 Å². The number of amides is 1. The Kier molecular flexibility index (Phi) is 5.07. The summed E-state index contributed by atoms with van der Waals surface area (Å²) in [5.74, 6) is -1.40. The van der Waals surface area contributed by atoms with Gasteiger partial charge in [0.15, 0.2) is 0 Å². The lowest BCUT2D eigenvalue weighted by molar-refractivity contribution is -0.116. The number of hydrogen-bond acceptors (Lipinski definition) is 4. The molecule has 0 unspecified atom stereocenters. The number of carbonyl (C=O) groups is 2. The van der Waals surface area contributed by atoms with Crippen LogP contribution in [0.5, 0.6) is 5.75 Å². The molecule has 0 spiro atoms. The number of carboxylic acids is 1. The minimum atomic E-state index is -1.11. The standard InChI is InChI=1S/C22H18FNO4S/c1-2-28-15-8-4-5-12(10-15)16-11-17(25)24-19-18(13-6-3-7-14(23)9-13)21(22(26)27)29-20(16)19/h3-10,16H,2,11H2,1H3,(H,24,25)(H,26,27)/t16-/m1/s1. The maximum Gasteiger partial charge on any atom is 0.346 e. The van der Waals surface area contributed by atoms with E-state index >= 15 is 0 Å². The van der Waals surface area contributed by atoms with E-state index < -0.39 is 11.8 Å². The zero-order chi connectivity index (χ0) is 20.5. The fraction of sp³-hybridized carbons (Fsp3) is 0.182. The van der Waals surface area contributed by atoms with Crippen molar-refractivity contribution in [1.29, 1.82) is 0 Å². The van der Waals surface area contributed by atoms with E-state index in [0.717, 1.165) is 21.8 Å². The number of anilines is 1. The second-order valence-corrected chi connectivity index (χ2v) is 7.72. The monoisotopic (exact) mass is 411 g/mol. The van der Waals surface area contributed by atoms with Gasteiger partial charge in [-0.15, -0.1) is 11.3 Å². The van der Waals surface area contributed by atoms with Gasteiger partial charge in [0.05, 0.1) is 12.3 Å². The van der Waals surface area contributed by atoms with Crippen molar-refractivity contribution in [2.75, 3.05) is 11.9 Å². The summed E-state index contributed by atoms with van der Waals surface area (Å²) in [6, 6.07) is 13.2. The van der Waals surface area contributed by atoms with E-state index in [1.807, 2.05) is 31.2 Å². The third-order valence-corrected chi connectivity index (χ3v) is 6.08. The van der Waals surface area contributed by atoms with Crippen molar-refractivity contribution >= 4 is 28.9 Å². The zero-order valence-corrected chi connectivity index (χ0v) is 16.4. The van der Waals surface area contributed by atoms with Crippen LogP contribution in [-0.2, 0) is 4.79 Å². The van der Waals surface area contributed by atoms with Crippen molar-refractivity contribution in [2.45, 2.75) is 19.3 Å².